The minimum absolute atomic E-state index is 0.175. The number of nitrogens with one attached hydrogen (secondary N) is 3. The van der Waals surface area contributed by atoms with Crippen LogP contribution >= 0.6 is 0 Å². The molecule has 0 spiro atoms. The zero-order valence-corrected chi connectivity index (χ0v) is 17.1. The molecule has 1 saturated heterocycles. The van der Waals surface area contributed by atoms with Crippen LogP contribution in [0.4, 0.5) is 13.2 Å². The monoisotopic (exact) mass is 430 g/mol. The van der Waals surface area contributed by atoms with Crippen LogP contribution in [0, 0.1) is 0 Å². The van der Waals surface area contributed by atoms with Crippen LogP contribution in [0.3, 0.4) is 0 Å². The van der Waals surface area contributed by atoms with E-state index in [0.717, 1.165) is 50.1 Å². The first kappa shape index (κ1) is 23.9. The molecule has 0 saturated carbocycles. The number of carbonyl (C=O) groups excluding carboxylic acids is 1. The van der Waals surface area contributed by atoms with Gasteiger partial charge in [0.15, 0.2) is 5.96 Å². The summed E-state index contributed by atoms with van der Waals surface area (Å²) in [6, 6.07) is 4.10. The first-order chi connectivity index (χ1) is 14.4. The van der Waals surface area contributed by atoms with E-state index in [4.69, 9.17) is 9.47 Å². The van der Waals surface area contributed by atoms with Crippen LogP contribution in [0.5, 0.6) is 0 Å². The Labute approximate surface area is 174 Å². The molecule has 1 aromatic rings. The maximum absolute atomic E-state index is 12.6. The van der Waals surface area contributed by atoms with Crippen molar-refractivity contribution in [1.29, 1.82) is 0 Å². The fraction of sp³-hybridized carbons (Fsp3) is 0.600. The van der Waals surface area contributed by atoms with E-state index in [0.29, 0.717) is 38.8 Å². The van der Waals surface area contributed by atoms with Crippen molar-refractivity contribution in [1.82, 2.24) is 16.0 Å². The SMILES string of the molecule is CN=C(NCCCOCC1CCCO1)NCCNC(=O)c1ccc(C(F)(F)F)cc1. The molecule has 1 aromatic carbocycles. The standard InChI is InChI=1S/C20H29F3N4O3/c1-24-19(26-9-3-12-29-14-17-4-2-13-30-17)27-11-10-25-18(28)15-5-7-16(8-6-15)20(21,22)23/h5-8,17H,2-4,9-14H2,1H3,(H,25,28)(H2,24,26,27). The fourth-order valence-electron chi connectivity index (χ4n) is 2.86. The third-order valence-corrected chi connectivity index (χ3v) is 4.49. The Balaban J connectivity index is 1.55. The highest BCUT2D eigenvalue weighted by Gasteiger charge is 2.30. The van der Waals surface area contributed by atoms with E-state index in [-0.39, 0.29) is 11.7 Å². The van der Waals surface area contributed by atoms with Gasteiger partial charge in [-0.2, -0.15) is 13.2 Å². The zero-order valence-electron chi connectivity index (χ0n) is 17.1. The van der Waals surface area contributed by atoms with Gasteiger partial charge >= 0.3 is 6.18 Å². The fourth-order valence-corrected chi connectivity index (χ4v) is 2.86. The van der Waals surface area contributed by atoms with Crippen molar-refractivity contribution in [3.63, 3.8) is 0 Å². The van der Waals surface area contributed by atoms with Gasteiger partial charge in [0.25, 0.3) is 5.91 Å². The molecule has 1 aliphatic rings. The predicted molar refractivity (Wildman–Crippen MR) is 108 cm³/mol. The molecule has 2 rings (SSSR count). The lowest BCUT2D eigenvalue weighted by molar-refractivity contribution is -0.137. The summed E-state index contributed by atoms with van der Waals surface area (Å²) in [6.07, 6.45) is -1.21. The number of guanidine groups is 1. The summed E-state index contributed by atoms with van der Waals surface area (Å²) in [6.45, 7) is 3.48. The lowest BCUT2D eigenvalue weighted by Crippen LogP contribution is -2.42. The first-order valence-electron chi connectivity index (χ1n) is 9.99. The number of alkyl halides is 3. The lowest BCUT2D eigenvalue weighted by atomic mass is 10.1. The number of halogens is 3. The third kappa shape index (κ3) is 8.58. The van der Waals surface area contributed by atoms with Crippen LogP contribution < -0.4 is 16.0 Å². The summed E-state index contributed by atoms with van der Waals surface area (Å²) in [5.41, 5.74) is -0.610. The second-order valence-corrected chi connectivity index (χ2v) is 6.82. The summed E-state index contributed by atoms with van der Waals surface area (Å²) >= 11 is 0. The van der Waals surface area contributed by atoms with Gasteiger partial charge < -0.3 is 25.4 Å². The molecule has 7 nitrogen and oxygen atoms in total. The number of hydrogen-bond acceptors (Lipinski definition) is 4. The van der Waals surface area contributed by atoms with Gasteiger partial charge in [-0.1, -0.05) is 0 Å². The van der Waals surface area contributed by atoms with Crippen LogP contribution in [0.25, 0.3) is 0 Å². The van der Waals surface area contributed by atoms with Gasteiger partial charge in [-0.3, -0.25) is 9.79 Å². The van der Waals surface area contributed by atoms with E-state index in [2.05, 4.69) is 20.9 Å². The maximum atomic E-state index is 12.6. The van der Waals surface area contributed by atoms with Crippen LogP contribution in [-0.4, -0.2) is 64.5 Å². The molecule has 3 N–H and O–H groups in total. The van der Waals surface area contributed by atoms with Crippen LogP contribution in [-0.2, 0) is 15.7 Å². The molecule has 168 valence electrons. The minimum Gasteiger partial charge on any atom is -0.379 e. The summed E-state index contributed by atoms with van der Waals surface area (Å²) in [7, 11) is 1.64. The number of ether oxygens (including phenoxy) is 2. The molecule has 0 aliphatic carbocycles. The Bertz CT molecular complexity index is 675. The number of nitrogens with zero attached hydrogens (tertiary/aromatic N) is 1. The number of rotatable bonds is 10. The minimum atomic E-state index is -4.42. The van der Waals surface area contributed by atoms with Gasteiger partial charge in [-0.05, 0) is 43.5 Å². The molecule has 1 heterocycles. The zero-order chi connectivity index (χ0) is 21.8. The molecule has 10 heteroatoms. The normalized spacial score (nSPS) is 17.1. The average molecular weight is 430 g/mol. The summed E-state index contributed by atoms with van der Waals surface area (Å²) in [4.78, 5) is 16.1. The van der Waals surface area contributed by atoms with Crippen LogP contribution in [0.2, 0.25) is 0 Å². The maximum Gasteiger partial charge on any atom is 0.416 e. The number of benzene rings is 1. The summed E-state index contributed by atoms with van der Waals surface area (Å²) < 4.78 is 48.7. The highest BCUT2D eigenvalue weighted by molar-refractivity contribution is 5.94. The van der Waals surface area contributed by atoms with Crippen molar-refractivity contribution in [3.8, 4) is 0 Å². The summed E-state index contributed by atoms with van der Waals surface area (Å²) in [5.74, 6) is 0.162. The van der Waals surface area contributed by atoms with E-state index in [1.165, 1.54) is 0 Å². The van der Waals surface area contributed by atoms with Crippen molar-refractivity contribution >= 4 is 11.9 Å². The Kier molecular flexibility index (Phi) is 9.88. The van der Waals surface area contributed by atoms with Gasteiger partial charge in [-0.15, -0.1) is 0 Å². The van der Waals surface area contributed by atoms with Gasteiger partial charge in [-0.25, -0.2) is 0 Å². The van der Waals surface area contributed by atoms with Crippen LogP contribution in [0.1, 0.15) is 35.2 Å². The van der Waals surface area contributed by atoms with Crippen molar-refractivity contribution in [2.75, 3.05) is 46.5 Å². The smallest absolute Gasteiger partial charge is 0.379 e. The molecule has 30 heavy (non-hydrogen) atoms. The second-order valence-electron chi connectivity index (χ2n) is 6.82. The molecule has 1 atom stereocenters. The van der Waals surface area contributed by atoms with E-state index in [9.17, 15) is 18.0 Å². The molecular weight excluding hydrogens is 401 g/mol. The predicted octanol–water partition coefficient (Wildman–Crippen LogP) is 2.19. The summed E-state index contributed by atoms with van der Waals surface area (Å²) in [5, 5.41) is 8.85. The van der Waals surface area contributed by atoms with E-state index in [1.54, 1.807) is 7.05 Å². The molecule has 0 bridgehead atoms. The Morgan fingerprint density at radius 2 is 1.87 bits per heavy atom. The van der Waals surface area contributed by atoms with E-state index < -0.39 is 17.6 Å². The van der Waals surface area contributed by atoms with Gasteiger partial charge in [0.2, 0.25) is 0 Å². The Morgan fingerprint density at radius 1 is 1.17 bits per heavy atom. The van der Waals surface area contributed by atoms with Crippen molar-refractivity contribution in [2.24, 2.45) is 4.99 Å². The molecular formula is C20H29F3N4O3. The van der Waals surface area contributed by atoms with E-state index in [1.807, 2.05) is 0 Å². The molecule has 1 fully saturated rings. The number of carbonyl (C=O) groups is 1. The largest absolute Gasteiger partial charge is 0.416 e. The molecule has 0 aromatic heterocycles. The first-order valence-corrected chi connectivity index (χ1v) is 9.99. The topological polar surface area (TPSA) is 84.0 Å². The van der Waals surface area contributed by atoms with Crippen molar-refractivity contribution in [3.05, 3.63) is 35.4 Å². The highest BCUT2D eigenvalue weighted by Crippen LogP contribution is 2.29. The highest BCUT2D eigenvalue weighted by atomic mass is 19.4. The third-order valence-electron chi connectivity index (χ3n) is 4.49. The second kappa shape index (κ2) is 12.4. The molecule has 1 amide bonds. The number of amides is 1. The van der Waals surface area contributed by atoms with Gasteiger partial charge in [0.1, 0.15) is 0 Å². The quantitative estimate of drug-likeness (QED) is 0.301. The van der Waals surface area contributed by atoms with Crippen LogP contribution in [0.15, 0.2) is 29.3 Å². The molecule has 1 unspecified atom stereocenters. The molecule has 1 aliphatic heterocycles. The van der Waals surface area contributed by atoms with E-state index >= 15 is 0 Å². The van der Waals surface area contributed by atoms with Crippen molar-refractivity contribution in [2.45, 2.75) is 31.5 Å². The van der Waals surface area contributed by atoms with Gasteiger partial charge in [0, 0.05) is 45.5 Å². The molecule has 0 radical (unpaired) electrons. The van der Waals surface area contributed by atoms with Crippen molar-refractivity contribution < 1.29 is 27.4 Å². The number of hydrogen-bond donors (Lipinski definition) is 3. The number of aliphatic imine (C=N–C) groups is 1. The Hall–Kier alpha value is -2.33. The Morgan fingerprint density at radius 3 is 2.50 bits per heavy atom. The average Bonchev–Trinajstić information content (AvgIpc) is 3.24. The van der Waals surface area contributed by atoms with Gasteiger partial charge in [0.05, 0.1) is 18.3 Å². The lowest BCUT2D eigenvalue weighted by Gasteiger charge is -2.13.